The normalized spacial score (nSPS) is 13.7. The molecule has 1 unspecified atom stereocenters. The smallest absolute Gasteiger partial charge is 0.372 e. The molecule has 2 nitrogen and oxygen atoms in total. The van der Waals surface area contributed by atoms with E-state index in [1.165, 1.54) is 0 Å². The van der Waals surface area contributed by atoms with E-state index in [0.29, 0.717) is 19.0 Å². The minimum atomic E-state index is -4.26. The topological polar surface area (TPSA) is 21.3 Å². The van der Waals surface area contributed by atoms with E-state index in [9.17, 15) is 13.2 Å². The summed E-state index contributed by atoms with van der Waals surface area (Å²) in [6.45, 7) is 3.59. The van der Waals surface area contributed by atoms with Crippen molar-refractivity contribution in [3.8, 4) is 0 Å². The Balaban J connectivity index is 2.47. The van der Waals surface area contributed by atoms with Crippen LogP contribution in [0.3, 0.4) is 0 Å². The molecule has 0 saturated carbocycles. The fourth-order valence-electron chi connectivity index (χ4n) is 1.88. The number of hydrogen-bond donors (Lipinski definition) is 1. The predicted molar refractivity (Wildman–Crippen MR) is 73.6 cm³/mol. The van der Waals surface area contributed by atoms with Crippen LogP contribution in [0, 0.1) is 5.92 Å². The SMILES string of the molecule is CC(C)NCC(COCC(F)(F)F)Cc1ccccc1. The second kappa shape index (κ2) is 8.27. The quantitative estimate of drug-likeness (QED) is 0.791. The molecule has 0 radical (unpaired) electrons. The molecule has 114 valence electrons. The van der Waals surface area contributed by atoms with Crippen LogP contribution in [0.15, 0.2) is 30.3 Å². The van der Waals surface area contributed by atoms with Crippen LogP contribution in [0.2, 0.25) is 0 Å². The van der Waals surface area contributed by atoms with Gasteiger partial charge in [-0.3, -0.25) is 0 Å². The second-order valence-electron chi connectivity index (χ2n) is 5.25. The average molecular weight is 289 g/mol. The molecule has 1 rings (SSSR count). The molecule has 0 heterocycles. The van der Waals surface area contributed by atoms with Crippen molar-refractivity contribution in [1.82, 2.24) is 5.32 Å². The van der Waals surface area contributed by atoms with E-state index < -0.39 is 12.8 Å². The van der Waals surface area contributed by atoms with Gasteiger partial charge in [-0.15, -0.1) is 0 Å². The zero-order valence-electron chi connectivity index (χ0n) is 11.9. The van der Waals surface area contributed by atoms with Crippen LogP contribution in [0.4, 0.5) is 13.2 Å². The third-order valence-corrected chi connectivity index (χ3v) is 2.80. The van der Waals surface area contributed by atoms with E-state index in [0.717, 1.165) is 5.56 Å². The van der Waals surface area contributed by atoms with Crippen LogP contribution < -0.4 is 5.32 Å². The van der Waals surface area contributed by atoms with E-state index in [-0.39, 0.29) is 12.5 Å². The highest BCUT2D eigenvalue weighted by atomic mass is 19.4. The van der Waals surface area contributed by atoms with Gasteiger partial charge in [-0.25, -0.2) is 0 Å². The van der Waals surface area contributed by atoms with E-state index in [1.54, 1.807) is 0 Å². The van der Waals surface area contributed by atoms with Gasteiger partial charge in [0, 0.05) is 12.6 Å². The summed E-state index contributed by atoms with van der Waals surface area (Å²) in [4.78, 5) is 0. The summed E-state index contributed by atoms with van der Waals surface area (Å²) in [6.07, 6.45) is -3.55. The molecule has 1 N–H and O–H groups in total. The van der Waals surface area contributed by atoms with Crippen LogP contribution >= 0.6 is 0 Å². The second-order valence-corrected chi connectivity index (χ2v) is 5.25. The molecule has 20 heavy (non-hydrogen) atoms. The van der Waals surface area contributed by atoms with Crippen molar-refractivity contribution < 1.29 is 17.9 Å². The first kappa shape index (κ1) is 17.0. The van der Waals surface area contributed by atoms with Gasteiger partial charge in [-0.1, -0.05) is 44.2 Å². The number of benzene rings is 1. The minimum Gasteiger partial charge on any atom is -0.372 e. The zero-order valence-corrected chi connectivity index (χ0v) is 11.9. The van der Waals surface area contributed by atoms with E-state index >= 15 is 0 Å². The summed E-state index contributed by atoms with van der Waals surface area (Å²) in [6, 6.07) is 10.0. The standard InChI is InChI=1S/C15H22F3NO/c1-12(2)19-9-14(10-20-11-15(16,17)18)8-13-6-4-3-5-7-13/h3-7,12,14,19H,8-11H2,1-2H3. The largest absolute Gasteiger partial charge is 0.411 e. The maximum atomic E-state index is 12.1. The van der Waals surface area contributed by atoms with E-state index in [1.807, 2.05) is 44.2 Å². The number of halogens is 3. The first-order chi connectivity index (χ1) is 9.37. The van der Waals surface area contributed by atoms with Gasteiger partial charge >= 0.3 is 6.18 Å². The van der Waals surface area contributed by atoms with Crippen molar-refractivity contribution in [2.45, 2.75) is 32.5 Å². The molecule has 0 aliphatic rings. The molecule has 1 atom stereocenters. The van der Waals surface area contributed by atoms with Gasteiger partial charge in [0.05, 0.1) is 6.61 Å². The molecular weight excluding hydrogens is 267 g/mol. The summed E-state index contributed by atoms with van der Waals surface area (Å²) in [5, 5.41) is 3.25. The third kappa shape index (κ3) is 8.17. The van der Waals surface area contributed by atoms with Crippen molar-refractivity contribution in [2.75, 3.05) is 19.8 Å². The van der Waals surface area contributed by atoms with Crippen LogP contribution in [0.5, 0.6) is 0 Å². The summed E-state index contributed by atoms with van der Waals surface area (Å²) >= 11 is 0. The summed E-state index contributed by atoms with van der Waals surface area (Å²) in [5.41, 5.74) is 1.11. The van der Waals surface area contributed by atoms with Gasteiger partial charge < -0.3 is 10.1 Å². The van der Waals surface area contributed by atoms with Crippen LogP contribution in [0.25, 0.3) is 0 Å². The van der Waals surface area contributed by atoms with Crippen LogP contribution in [-0.4, -0.2) is 32.0 Å². The molecule has 0 amide bonds. The fraction of sp³-hybridized carbons (Fsp3) is 0.600. The Hall–Kier alpha value is -1.07. The van der Waals surface area contributed by atoms with Gasteiger partial charge in [0.15, 0.2) is 0 Å². The summed E-state index contributed by atoms with van der Waals surface area (Å²) in [7, 11) is 0. The lowest BCUT2D eigenvalue weighted by atomic mass is 10.00. The van der Waals surface area contributed by atoms with Crippen molar-refractivity contribution in [1.29, 1.82) is 0 Å². The highest BCUT2D eigenvalue weighted by Crippen LogP contribution is 2.16. The minimum absolute atomic E-state index is 0.0298. The zero-order chi connectivity index (χ0) is 15.0. The molecule has 0 aliphatic carbocycles. The number of nitrogens with one attached hydrogen (secondary N) is 1. The van der Waals surface area contributed by atoms with E-state index in [2.05, 4.69) is 5.32 Å². The molecule has 1 aromatic carbocycles. The lowest BCUT2D eigenvalue weighted by molar-refractivity contribution is -0.176. The van der Waals surface area contributed by atoms with E-state index in [4.69, 9.17) is 4.74 Å². The average Bonchev–Trinajstić information content (AvgIpc) is 2.35. The molecule has 0 aromatic heterocycles. The Kier molecular flexibility index (Phi) is 7.02. The van der Waals surface area contributed by atoms with Crippen molar-refractivity contribution in [3.05, 3.63) is 35.9 Å². The van der Waals surface area contributed by atoms with Crippen molar-refractivity contribution in [3.63, 3.8) is 0 Å². The van der Waals surface area contributed by atoms with Gasteiger partial charge in [0.2, 0.25) is 0 Å². The van der Waals surface area contributed by atoms with Crippen molar-refractivity contribution in [2.24, 2.45) is 5.92 Å². The summed E-state index contributed by atoms with van der Waals surface area (Å²) in [5.74, 6) is 0.0298. The Labute approximate surface area is 118 Å². The van der Waals surface area contributed by atoms with Crippen molar-refractivity contribution >= 4 is 0 Å². The predicted octanol–water partition coefficient (Wildman–Crippen LogP) is 3.42. The maximum absolute atomic E-state index is 12.1. The number of ether oxygens (including phenoxy) is 1. The molecule has 0 spiro atoms. The Morgan fingerprint density at radius 1 is 1.15 bits per heavy atom. The highest BCUT2D eigenvalue weighted by molar-refractivity contribution is 5.15. The van der Waals surface area contributed by atoms with Crippen LogP contribution in [-0.2, 0) is 11.2 Å². The monoisotopic (exact) mass is 289 g/mol. The van der Waals surface area contributed by atoms with Gasteiger partial charge in [-0.05, 0) is 17.9 Å². The number of alkyl halides is 3. The fourth-order valence-corrected chi connectivity index (χ4v) is 1.88. The van der Waals surface area contributed by atoms with Gasteiger partial charge in [-0.2, -0.15) is 13.2 Å². The lowest BCUT2D eigenvalue weighted by Crippen LogP contribution is -2.33. The molecule has 1 aromatic rings. The lowest BCUT2D eigenvalue weighted by Gasteiger charge is -2.20. The first-order valence-corrected chi connectivity index (χ1v) is 6.78. The maximum Gasteiger partial charge on any atom is 0.411 e. The first-order valence-electron chi connectivity index (χ1n) is 6.78. The Morgan fingerprint density at radius 3 is 2.35 bits per heavy atom. The number of hydrogen-bond acceptors (Lipinski definition) is 2. The molecular formula is C15H22F3NO. The summed E-state index contributed by atoms with van der Waals surface area (Å²) < 4.78 is 41.1. The number of rotatable bonds is 8. The Morgan fingerprint density at radius 2 is 1.80 bits per heavy atom. The highest BCUT2D eigenvalue weighted by Gasteiger charge is 2.28. The van der Waals surface area contributed by atoms with Crippen LogP contribution in [0.1, 0.15) is 19.4 Å². The Bertz CT molecular complexity index is 365. The van der Waals surface area contributed by atoms with Gasteiger partial charge in [0.25, 0.3) is 0 Å². The third-order valence-electron chi connectivity index (χ3n) is 2.80. The molecule has 0 fully saturated rings. The molecule has 0 aliphatic heterocycles. The van der Waals surface area contributed by atoms with Gasteiger partial charge in [0.1, 0.15) is 6.61 Å². The molecule has 5 heteroatoms. The molecule has 0 bridgehead atoms. The molecule has 0 saturated heterocycles.